The van der Waals surface area contributed by atoms with Crippen LogP contribution in [0.4, 0.5) is 5.69 Å². The van der Waals surface area contributed by atoms with Gasteiger partial charge in [0.25, 0.3) is 5.91 Å². The predicted octanol–water partition coefficient (Wildman–Crippen LogP) is 1.37. The Morgan fingerprint density at radius 2 is 1.70 bits per heavy atom. The van der Waals surface area contributed by atoms with Gasteiger partial charge >= 0.3 is 0 Å². The number of nitrogens with one attached hydrogen (secondary N) is 1. The lowest BCUT2D eigenvalue weighted by Crippen LogP contribution is -3.09. The van der Waals surface area contributed by atoms with Crippen LogP contribution in [0.1, 0.15) is 11.1 Å². The zero-order chi connectivity index (χ0) is 19.2. The van der Waals surface area contributed by atoms with Gasteiger partial charge in [0.2, 0.25) is 0 Å². The van der Waals surface area contributed by atoms with E-state index in [-0.39, 0.29) is 5.91 Å². The highest BCUT2D eigenvalue weighted by Gasteiger charge is 2.24. The van der Waals surface area contributed by atoms with Gasteiger partial charge in [-0.25, -0.2) is 0 Å². The number of methoxy groups -OCH3 is 1. The number of nitrogens with zero attached hydrogens (tertiary/aromatic N) is 2. The number of benzene rings is 2. The van der Waals surface area contributed by atoms with Crippen molar-refractivity contribution in [1.82, 2.24) is 4.90 Å². The van der Waals surface area contributed by atoms with Crippen molar-refractivity contribution in [2.24, 2.45) is 0 Å². The van der Waals surface area contributed by atoms with Crippen LogP contribution < -0.4 is 14.5 Å². The molecule has 1 heterocycles. The first-order chi connectivity index (χ1) is 13.1. The summed E-state index contributed by atoms with van der Waals surface area (Å²) in [4.78, 5) is 18.2. The Hall–Kier alpha value is -2.53. The van der Waals surface area contributed by atoms with Crippen LogP contribution >= 0.6 is 0 Å². The summed E-state index contributed by atoms with van der Waals surface area (Å²) in [6.07, 6.45) is 0. The van der Waals surface area contributed by atoms with Crippen LogP contribution in [0.2, 0.25) is 0 Å². The van der Waals surface area contributed by atoms with Gasteiger partial charge in [-0.1, -0.05) is 36.4 Å². The van der Waals surface area contributed by atoms with Crippen LogP contribution in [0, 0.1) is 6.92 Å². The number of para-hydroxylation sites is 2. The van der Waals surface area contributed by atoms with E-state index >= 15 is 0 Å². The van der Waals surface area contributed by atoms with Crippen LogP contribution in [0.15, 0.2) is 48.5 Å². The molecule has 1 amide bonds. The summed E-state index contributed by atoms with van der Waals surface area (Å²) in [5.74, 6) is 1.13. The number of carbonyl (C=O) groups is 1. The van der Waals surface area contributed by atoms with Gasteiger partial charge in [0.1, 0.15) is 12.3 Å². The third-order valence-electron chi connectivity index (χ3n) is 5.26. The lowest BCUT2D eigenvalue weighted by molar-refractivity contribution is -0.885. The second-order valence-corrected chi connectivity index (χ2v) is 7.28. The van der Waals surface area contributed by atoms with Crippen molar-refractivity contribution >= 4 is 11.6 Å². The van der Waals surface area contributed by atoms with Gasteiger partial charge in [0.05, 0.1) is 19.8 Å². The van der Waals surface area contributed by atoms with Crippen LogP contribution in [0.3, 0.4) is 0 Å². The van der Waals surface area contributed by atoms with E-state index in [4.69, 9.17) is 4.74 Å². The van der Waals surface area contributed by atoms with Gasteiger partial charge in [0, 0.05) is 31.7 Å². The molecule has 5 nitrogen and oxygen atoms in total. The van der Waals surface area contributed by atoms with Crippen LogP contribution in [0.25, 0.3) is 0 Å². The number of hydrogen-bond acceptors (Lipinski definition) is 3. The second kappa shape index (κ2) is 8.91. The summed E-state index contributed by atoms with van der Waals surface area (Å²) >= 11 is 0. The normalized spacial score (nSPS) is 15.5. The Balaban J connectivity index is 1.52. The predicted molar refractivity (Wildman–Crippen MR) is 108 cm³/mol. The topological polar surface area (TPSA) is 37.2 Å². The molecular formula is C22H30N3O2+. The van der Waals surface area contributed by atoms with Gasteiger partial charge in [0.15, 0.2) is 6.54 Å². The smallest absolute Gasteiger partial charge is 0.277 e. The highest BCUT2D eigenvalue weighted by atomic mass is 16.5. The molecule has 2 aromatic rings. The van der Waals surface area contributed by atoms with Crippen LogP contribution in [-0.4, -0.2) is 57.7 Å². The molecule has 1 unspecified atom stereocenters. The molecule has 2 aromatic carbocycles. The number of quaternary nitrogens is 1. The van der Waals surface area contributed by atoms with E-state index in [0.717, 1.165) is 44.2 Å². The van der Waals surface area contributed by atoms with Crippen molar-refractivity contribution in [1.29, 1.82) is 0 Å². The molecule has 0 aliphatic carbocycles. The monoisotopic (exact) mass is 368 g/mol. The van der Waals surface area contributed by atoms with E-state index in [1.165, 1.54) is 16.0 Å². The van der Waals surface area contributed by atoms with Crippen molar-refractivity contribution in [3.8, 4) is 5.75 Å². The molecule has 1 atom stereocenters. The molecular weight excluding hydrogens is 338 g/mol. The first-order valence-corrected chi connectivity index (χ1v) is 9.60. The Kier molecular flexibility index (Phi) is 6.35. The summed E-state index contributed by atoms with van der Waals surface area (Å²) in [7, 11) is 3.79. The van der Waals surface area contributed by atoms with E-state index < -0.39 is 0 Å². The Bertz CT molecular complexity index is 770. The number of piperazine rings is 1. The molecule has 5 heteroatoms. The second-order valence-electron chi connectivity index (χ2n) is 7.28. The summed E-state index contributed by atoms with van der Waals surface area (Å²) in [5.41, 5.74) is 3.70. The molecule has 3 rings (SSSR count). The lowest BCUT2D eigenvalue weighted by Gasteiger charge is -2.36. The maximum atomic E-state index is 12.7. The summed E-state index contributed by atoms with van der Waals surface area (Å²) in [5, 5.41) is 0. The minimum atomic E-state index is 0.237. The molecule has 0 saturated carbocycles. The maximum absolute atomic E-state index is 12.7. The lowest BCUT2D eigenvalue weighted by atomic mass is 10.1. The fraction of sp³-hybridized carbons (Fsp3) is 0.409. The number of hydrogen-bond donors (Lipinski definition) is 1. The maximum Gasteiger partial charge on any atom is 0.277 e. The van der Waals surface area contributed by atoms with Gasteiger partial charge in [-0.05, 0) is 24.6 Å². The Morgan fingerprint density at radius 1 is 1.04 bits per heavy atom. The third-order valence-corrected chi connectivity index (χ3v) is 5.26. The van der Waals surface area contributed by atoms with E-state index in [0.29, 0.717) is 6.54 Å². The molecule has 1 aliphatic heterocycles. The van der Waals surface area contributed by atoms with E-state index in [2.05, 4.69) is 49.2 Å². The van der Waals surface area contributed by atoms with Gasteiger partial charge < -0.3 is 19.4 Å². The minimum absolute atomic E-state index is 0.237. The summed E-state index contributed by atoms with van der Waals surface area (Å²) < 4.78 is 5.47. The van der Waals surface area contributed by atoms with Crippen molar-refractivity contribution in [3.63, 3.8) is 0 Å². The zero-order valence-electron chi connectivity index (χ0n) is 16.6. The highest BCUT2D eigenvalue weighted by molar-refractivity contribution is 5.77. The molecule has 27 heavy (non-hydrogen) atoms. The Labute approximate surface area is 162 Å². The van der Waals surface area contributed by atoms with E-state index in [1.54, 1.807) is 7.11 Å². The van der Waals surface area contributed by atoms with Gasteiger partial charge in [-0.15, -0.1) is 0 Å². The zero-order valence-corrected chi connectivity index (χ0v) is 16.6. The number of amides is 1. The molecule has 0 bridgehead atoms. The average molecular weight is 369 g/mol. The minimum Gasteiger partial charge on any atom is -0.495 e. The van der Waals surface area contributed by atoms with E-state index in [1.807, 2.05) is 23.1 Å². The fourth-order valence-electron chi connectivity index (χ4n) is 3.65. The fourth-order valence-corrected chi connectivity index (χ4v) is 3.65. The highest BCUT2D eigenvalue weighted by Crippen LogP contribution is 2.28. The summed E-state index contributed by atoms with van der Waals surface area (Å²) in [6.45, 7) is 6.72. The average Bonchev–Trinajstić information content (AvgIpc) is 2.69. The molecule has 1 fully saturated rings. The first-order valence-electron chi connectivity index (χ1n) is 9.60. The van der Waals surface area contributed by atoms with Gasteiger partial charge in [-0.2, -0.15) is 0 Å². The number of carbonyl (C=O) groups excluding carboxylic acids is 1. The van der Waals surface area contributed by atoms with E-state index in [9.17, 15) is 4.79 Å². The SMILES string of the molecule is COc1ccccc1N1CCN(C(=O)C[NH+](C)Cc2ccccc2C)CC1. The number of rotatable bonds is 6. The quantitative estimate of drug-likeness (QED) is 0.837. The number of aryl methyl sites for hydroxylation is 1. The molecule has 0 aromatic heterocycles. The molecule has 1 N–H and O–H groups in total. The van der Waals surface area contributed by atoms with Gasteiger partial charge in [-0.3, -0.25) is 4.79 Å². The van der Waals surface area contributed by atoms with Crippen molar-refractivity contribution in [2.75, 3.05) is 51.8 Å². The summed E-state index contributed by atoms with van der Waals surface area (Å²) in [6, 6.07) is 16.5. The number of likely N-dealkylation sites (N-methyl/N-ethyl adjacent to an activating group) is 1. The van der Waals surface area contributed by atoms with Crippen LogP contribution in [0.5, 0.6) is 5.75 Å². The number of ether oxygens (including phenoxy) is 1. The van der Waals surface area contributed by atoms with Crippen molar-refractivity contribution < 1.29 is 14.4 Å². The molecule has 1 aliphatic rings. The van der Waals surface area contributed by atoms with Crippen molar-refractivity contribution in [3.05, 3.63) is 59.7 Å². The third kappa shape index (κ3) is 4.80. The molecule has 0 spiro atoms. The first kappa shape index (κ1) is 19.2. The number of anilines is 1. The molecule has 144 valence electrons. The Morgan fingerprint density at radius 3 is 2.41 bits per heavy atom. The molecule has 0 radical (unpaired) electrons. The molecule has 1 saturated heterocycles. The van der Waals surface area contributed by atoms with Crippen molar-refractivity contribution in [2.45, 2.75) is 13.5 Å². The largest absolute Gasteiger partial charge is 0.495 e. The van der Waals surface area contributed by atoms with Crippen LogP contribution in [-0.2, 0) is 11.3 Å². The standard InChI is InChI=1S/C22H29N3O2/c1-18-8-4-5-9-19(18)16-23(2)17-22(26)25-14-12-24(13-15-25)20-10-6-7-11-21(20)27-3/h4-11H,12-17H2,1-3H3/p+1.